The molecular formula is C20H16N2O4S. The number of nitriles is 1. The van der Waals surface area contributed by atoms with E-state index in [1.54, 1.807) is 24.3 Å². The van der Waals surface area contributed by atoms with Crippen LogP contribution in [0.4, 0.5) is 0 Å². The maximum atomic E-state index is 11.9. The summed E-state index contributed by atoms with van der Waals surface area (Å²) in [4.78, 5) is 16.4. The van der Waals surface area contributed by atoms with Gasteiger partial charge in [-0.2, -0.15) is 5.26 Å². The van der Waals surface area contributed by atoms with Crippen LogP contribution in [0.3, 0.4) is 0 Å². The second kappa shape index (κ2) is 8.83. The van der Waals surface area contributed by atoms with Crippen molar-refractivity contribution in [3.63, 3.8) is 0 Å². The molecule has 0 amide bonds. The number of para-hydroxylation sites is 1. The van der Waals surface area contributed by atoms with Gasteiger partial charge in [-0.25, -0.2) is 9.78 Å². The highest BCUT2D eigenvalue weighted by Gasteiger charge is 2.07. The van der Waals surface area contributed by atoms with Gasteiger partial charge < -0.3 is 14.2 Å². The first-order valence-corrected chi connectivity index (χ1v) is 8.88. The van der Waals surface area contributed by atoms with Crippen molar-refractivity contribution in [3.8, 4) is 17.6 Å². The van der Waals surface area contributed by atoms with Crippen LogP contribution >= 0.6 is 11.3 Å². The number of rotatable bonds is 7. The topological polar surface area (TPSA) is 81.4 Å². The third-order valence-corrected chi connectivity index (χ3v) is 4.58. The Morgan fingerprint density at radius 1 is 1.26 bits per heavy atom. The van der Waals surface area contributed by atoms with Crippen LogP contribution in [0.2, 0.25) is 0 Å². The summed E-state index contributed by atoms with van der Waals surface area (Å²) < 4.78 is 16.8. The molecule has 2 aromatic carbocycles. The summed E-state index contributed by atoms with van der Waals surface area (Å²) in [7, 11) is 1.51. The molecule has 3 aromatic rings. The molecule has 6 nitrogen and oxygen atoms in total. The van der Waals surface area contributed by atoms with Gasteiger partial charge in [0.2, 0.25) is 0 Å². The van der Waals surface area contributed by atoms with Gasteiger partial charge in [-0.3, -0.25) is 0 Å². The maximum Gasteiger partial charge on any atom is 0.331 e. The molecule has 0 aliphatic heterocycles. The fourth-order valence-electron chi connectivity index (χ4n) is 2.34. The van der Waals surface area contributed by atoms with E-state index in [-0.39, 0.29) is 13.2 Å². The van der Waals surface area contributed by atoms with Gasteiger partial charge in [0, 0.05) is 6.08 Å². The summed E-state index contributed by atoms with van der Waals surface area (Å²) in [6, 6.07) is 14.8. The van der Waals surface area contributed by atoms with Crippen LogP contribution < -0.4 is 9.47 Å². The molecule has 0 radical (unpaired) electrons. The summed E-state index contributed by atoms with van der Waals surface area (Å²) in [5.41, 5.74) is 1.64. The van der Waals surface area contributed by atoms with E-state index in [9.17, 15) is 4.79 Å². The first kappa shape index (κ1) is 18.4. The van der Waals surface area contributed by atoms with Crippen LogP contribution in [-0.4, -0.2) is 24.7 Å². The normalized spacial score (nSPS) is 10.7. The van der Waals surface area contributed by atoms with Gasteiger partial charge >= 0.3 is 5.97 Å². The van der Waals surface area contributed by atoms with E-state index in [2.05, 4.69) is 4.98 Å². The number of ether oxygens (including phenoxy) is 3. The SMILES string of the molecule is COc1cc(C=CC(=O)OCc2nc3ccccc3s2)ccc1OCC#N. The number of methoxy groups -OCH3 is 1. The highest BCUT2D eigenvalue weighted by Crippen LogP contribution is 2.28. The lowest BCUT2D eigenvalue weighted by atomic mass is 10.2. The number of hydrogen-bond donors (Lipinski definition) is 0. The Labute approximate surface area is 160 Å². The van der Waals surface area contributed by atoms with Gasteiger partial charge in [0.25, 0.3) is 0 Å². The van der Waals surface area contributed by atoms with Crippen LogP contribution in [0, 0.1) is 11.3 Å². The molecule has 0 unspecified atom stereocenters. The third kappa shape index (κ3) is 4.84. The van der Waals surface area contributed by atoms with Crippen molar-refractivity contribution in [2.24, 2.45) is 0 Å². The van der Waals surface area contributed by atoms with Crippen LogP contribution in [0.1, 0.15) is 10.6 Å². The summed E-state index contributed by atoms with van der Waals surface area (Å²) >= 11 is 1.50. The lowest BCUT2D eigenvalue weighted by molar-refractivity contribution is -0.138. The summed E-state index contributed by atoms with van der Waals surface area (Å²) in [5, 5.41) is 9.33. The van der Waals surface area contributed by atoms with Gasteiger partial charge in [-0.05, 0) is 35.9 Å². The van der Waals surface area contributed by atoms with Crippen molar-refractivity contribution in [2.45, 2.75) is 6.61 Å². The zero-order valence-corrected chi connectivity index (χ0v) is 15.4. The fourth-order valence-corrected chi connectivity index (χ4v) is 3.22. The highest BCUT2D eigenvalue weighted by molar-refractivity contribution is 7.18. The number of carbonyl (C=O) groups is 1. The molecule has 0 spiro atoms. The Bertz CT molecular complexity index is 987. The van der Waals surface area contributed by atoms with Crippen molar-refractivity contribution < 1.29 is 19.0 Å². The molecule has 3 rings (SSSR count). The number of aromatic nitrogens is 1. The predicted molar refractivity (Wildman–Crippen MR) is 103 cm³/mol. The largest absolute Gasteiger partial charge is 0.493 e. The Balaban J connectivity index is 1.59. The smallest absolute Gasteiger partial charge is 0.331 e. The fraction of sp³-hybridized carbons (Fsp3) is 0.150. The minimum Gasteiger partial charge on any atom is -0.493 e. The Hall–Kier alpha value is -3.37. The maximum absolute atomic E-state index is 11.9. The second-order valence-corrected chi connectivity index (χ2v) is 6.49. The Morgan fingerprint density at radius 2 is 2.11 bits per heavy atom. The number of esters is 1. The van der Waals surface area contributed by atoms with Crippen LogP contribution in [0.5, 0.6) is 11.5 Å². The lowest BCUT2D eigenvalue weighted by Gasteiger charge is -2.08. The van der Waals surface area contributed by atoms with Crippen LogP contribution in [0.25, 0.3) is 16.3 Å². The number of fused-ring (bicyclic) bond motifs is 1. The molecule has 27 heavy (non-hydrogen) atoms. The van der Waals surface area contributed by atoms with Gasteiger partial charge in [-0.1, -0.05) is 18.2 Å². The zero-order chi connectivity index (χ0) is 19.1. The minimum atomic E-state index is -0.460. The average molecular weight is 380 g/mol. The van der Waals surface area contributed by atoms with Gasteiger partial charge in [0.05, 0.1) is 17.3 Å². The Morgan fingerprint density at radius 3 is 2.89 bits per heavy atom. The molecular weight excluding hydrogens is 364 g/mol. The zero-order valence-electron chi connectivity index (χ0n) is 14.5. The van der Waals surface area contributed by atoms with E-state index in [1.165, 1.54) is 24.5 Å². The first-order valence-electron chi connectivity index (χ1n) is 8.06. The average Bonchev–Trinajstić information content (AvgIpc) is 3.12. The van der Waals surface area contributed by atoms with E-state index in [1.807, 2.05) is 30.3 Å². The van der Waals surface area contributed by atoms with E-state index in [0.29, 0.717) is 11.5 Å². The van der Waals surface area contributed by atoms with Crippen molar-refractivity contribution >= 4 is 33.6 Å². The molecule has 0 saturated heterocycles. The molecule has 0 atom stereocenters. The third-order valence-electron chi connectivity index (χ3n) is 3.57. The lowest BCUT2D eigenvalue weighted by Crippen LogP contribution is -2.00. The molecule has 0 fully saturated rings. The molecule has 0 aliphatic rings. The first-order chi connectivity index (χ1) is 13.2. The van der Waals surface area contributed by atoms with Crippen molar-refractivity contribution in [1.29, 1.82) is 5.26 Å². The summed E-state index contributed by atoms with van der Waals surface area (Å²) in [5.74, 6) is 0.489. The molecule has 136 valence electrons. The van der Waals surface area contributed by atoms with Crippen molar-refractivity contribution in [3.05, 3.63) is 59.1 Å². The van der Waals surface area contributed by atoms with E-state index >= 15 is 0 Å². The molecule has 0 saturated carbocycles. The molecule has 0 aliphatic carbocycles. The highest BCUT2D eigenvalue weighted by atomic mass is 32.1. The molecule has 1 heterocycles. The summed E-state index contributed by atoms with van der Waals surface area (Å²) in [6.07, 6.45) is 2.97. The van der Waals surface area contributed by atoms with E-state index in [4.69, 9.17) is 19.5 Å². The molecule has 0 bridgehead atoms. The number of nitrogens with zero attached hydrogens (tertiary/aromatic N) is 2. The van der Waals surface area contributed by atoms with Gasteiger partial charge in [-0.15, -0.1) is 11.3 Å². The standard InChI is InChI=1S/C20H16N2O4S/c1-24-17-12-14(6-8-16(17)25-11-10-21)7-9-20(23)26-13-19-22-15-4-2-3-5-18(15)27-19/h2-9,12H,11,13H2,1H3. The monoisotopic (exact) mass is 380 g/mol. The van der Waals surface area contributed by atoms with Crippen LogP contribution in [-0.2, 0) is 16.1 Å². The van der Waals surface area contributed by atoms with E-state index in [0.717, 1.165) is 20.8 Å². The van der Waals surface area contributed by atoms with Crippen LogP contribution in [0.15, 0.2) is 48.5 Å². The molecule has 1 aromatic heterocycles. The molecule has 0 N–H and O–H groups in total. The van der Waals surface area contributed by atoms with Gasteiger partial charge in [0.1, 0.15) is 17.7 Å². The Kier molecular flexibility index (Phi) is 6.02. The summed E-state index contributed by atoms with van der Waals surface area (Å²) in [6.45, 7) is 0.0659. The number of carbonyl (C=O) groups excluding carboxylic acids is 1. The predicted octanol–water partition coefficient (Wildman–Crippen LogP) is 3.96. The molecule has 7 heteroatoms. The quantitative estimate of drug-likeness (QED) is 0.456. The minimum absolute atomic E-state index is 0.0658. The van der Waals surface area contributed by atoms with Gasteiger partial charge in [0.15, 0.2) is 18.1 Å². The van der Waals surface area contributed by atoms with Crippen molar-refractivity contribution in [2.75, 3.05) is 13.7 Å². The number of hydrogen-bond acceptors (Lipinski definition) is 7. The number of benzene rings is 2. The second-order valence-electron chi connectivity index (χ2n) is 5.37. The van der Waals surface area contributed by atoms with E-state index < -0.39 is 5.97 Å². The van der Waals surface area contributed by atoms with Crippen molar-refractivity contribution in [1.82, 2.24) is 4.98 Å². The number of thiazole rings is 1.